The molecule has 1 fully saturated rings. The monoisotopic (exact) mass is 282 g/mol. The molecule has 3 nitrogen and oxygen atoms in total. The fraction of sp³-hybridized carbons (Fsp3) is 0.800. The molecule has 0 spiro atoms. The van der Waals surface area contributed by atoms with Gasteiger partial charge in [0.1, 0.15) is 10.6 Å². The van der Waals surface area contributed by atoms with E-state index in [9.17, 15) is 0 Å². The molecular formula is C15H26N2OS. The predicted octanol–water partition coefficient (Wildman–Crippen LogP) is 4.01. The van der Waals surface area contributed by atoms with Crippen molar-refractivity contribution < 1.29 is 4.74 Å². The minimum absolute atomic E-state index is 0.0954. The summed E-state index contributed by atoms with van der Waals surface area (Å²) in [6.45, 7) is 8.20. The van der Waals surface area contributed by atoms with Crippen LogP contribution >= 0.6 is 11.3 Å². The van der Waals surface area contributed by atoms with Crippen molar-refractivity contribution in [3.8, 4) is 0 Å². The van der Waals surface area contributed by atoms with E-state index in [4.69, 9.17) is 4.74 Å². The van der Waals surface area contributed by atoms with Crippen LogP contribution in [0.25, 0.3) is 0 Å². The van der Waals surface area contributed by atoms with Gasteiger partial charge in [0, 0.05) is 23.7 Å². The van der Waals surface area contributed by atoms with Crippen LogP contribution in [0.3, 0.4) is 0 Å². The van der Waals surface area contributed by atoms with Crippen molar-refractivity contribution in [1.82, 2.24) is 10.3 Å². The highest BCUT2D eigenvalue weighted by molar-refractivity contribution is 7.11. The lowest BCUT2D eigenvalue weighted by atomic mass is 9.85. The summed E-state index contributed by atoms with van der Waals surface area (Å²) in [7, 11) is 0. The van der Waals surface area contributed by atoms with E-state index in [1.807, 2.05) is 17.5 Å². The van der Waals surface area contributed by atoms with Gasteiger partial charge < -0.3 is 10.1 Å². The average Bonchev–Trinajstić information content (AvgIpc) is 2.91. The normalized spacial score (nSPS) is 20.4. The van der Waals surface area contributed by atoms with Crippen LogP contribution < -0.4 is 5.32 Å². The first-order valence-corrected chi connectivity index (χ1v) is 8.37. The van der Waals surface area contributed by atoms with Crippen molar-refractivity contribution >= 4 is 11.3 Å². The molecule has 1 atom stereocenters. The van der Waals surface area contributed by atoms with Gasteiger partial charge in [-0.3, -0.25) is 0 Å². The molecular weight excluding hydrogens is 256 g/mol. The first kappa shape index (κ1) is 14.9. The van der Waals surface area contributed by atoms with Crippen LogP contribution in [0.2, 0.25) is 0 Å². The highest BCUT2D eigenvalue weighted by Gasteiger charge is 2.37. The van der Waals surface area contributed by atoms with Crippen molar-refractivity contribution in [1.29, 1.82) is 0 Å². The third-order valence-electron chi connectivity index (χ3n) is 3.93. The quantitative estimate of drug-likeness (QED) is 0.856. The molecule has 0 aromatic carbocycles. The van der Waals surface area contributed by atoms with Gasteiger partial charge in [-0.1, -0.05) is 26.2 Å². The highest BCUT2D eigenvalue weighted by Crippen LogP contribution is 2.42. The van der Waals surface area contributed by atoms with E-state index in [0.29, 0.717) is 6.04 Å². The Balaban J connectivity index is 2.18. The Morgan fingerprint density at radius 2 is 2.11 bits per heavy atom. The zero-order chi connectivity index (χ0) is 13.7. The largest absolute Gasteiger partial charge is 0.368 e. The zero-order valence-corrected chi connectivity index (χ0v) is 13.2. The van der Waals surface area contributed by atoms with Crippen LogP contribution in [-0.2, 0) is 10.3 Å². The summed E-state index contributed by atoms with van der Waals surface area (Å²) in [5, 5.41) is 4.64. The van der Waals surface area contributed by atoms with Crippen LogP contribution in [0.1, 0.15) is 68.8 Å². The third-order valence-corrected chi connectivity index (χ3v) is 5.30. The van der Waals surface area contributed by atoms with Crippen LogP contribution in [0.4, 0.5) is 0 Å². The number of hydrogen-bond acceptors (Lipinski definition) is 4. The second kappa shape index (κ2) is 6.82. The highest BCUT2D eigenvalue weighted by atomic mass is 32.1. The number of thiazole rings is 1. The molecule has 4 heteroatoms. The fourth-order valence-electron chi connectivity index (χ4n) is 2.92. The Labute approximate surface area is 120 Å². The number of rotatable bonds is 6. The van der Waals surface area contributed by atoms with Gasteiger partial charge in [0.2, 0.25) is 0 Å². The molecule has 108 valence electrons. The van der Waals surface area contributed by atoms with E-state index in [2.05, 4.69) is 31.1 Å². The van der Waals surface area contributed by atoms with Crippen LogP contribution in [-0.4, -0.2) is 18.1 Å². The summed E-state index contributed by atoms with van der Waals surface area (Å²) < 4.78 is 6.14. The molecule has 0 radical (unpaired) electrons. The summed E-state index contributed by atoms with van der Waals surface area (Å²) in [6, 6.07) is 0.388. The standard InChI is InChI=1S/C15H26N2OS/c1-4-16-12(3)13-11-17-14(19-13)15(18-5-2)9-7-6-8-10-15/h11-12,16H,4-10H2,1-3H3. The summed E-state index contributed by atoms with van der Waals surface area (Å²) in [6.07, 6.45) is 8.14. The lowest BCUT2D eigenvalue weighted by Crippen LogP contribution is -2.32. The third kappa shape index (κ3) is 3.36. The number of nitrogens with zero attached hydrogens (tertiary/aromatic N) is 1. The van der Waals surface area contributed by atoms with Gasteiger partial charge in [-0.2, -0.15) is 0 Å². The van der Waals surface area contributed by atoms with Crippen molar-refractivity contribution in [2.24, 2.45) is 0 Å². The zero-order valence-electron chi connectivity index (χ0n) is 12.4. The second-order valence-electron chi connectivity index (χ2n) is 5.34. The summed E-state index contributed by atoms with van der Waals surface area (Å²) in [4.78, 5) is 6.01. The minimum atomic E-state index is -0.0954. The van der Waals surface area contributed by atoms with Gasteiger partial charge in [0.05, 0.1) is 0 Å². The lowest BCUT2D eigenvalue weighted by molar-refractivity contribution is -0.0704. The number of hydrogen-bond donors (Lipinski definition) is 1. The van der Waals surface area contributed by atoms with E-state index in [1.54, 1.807) is 0 Å². The maximum absolute atomic E-state index is 6.14. The number of nitrogens with one attached hydrogen (secondary N) is 1. The summed E-state index contributed by atoms with van der Waals surface area (Å²) in [5.41, 5.74) is -0.0954. The molecule has 1 aromatic rings. The van der Waals surface area contributed by atoms with Crippen molar-refractivity contribution in [2.75, 3.05) is 13.2 Å². The van der Waals surface area contributed by atoms with E-state index in [-0.39, 0.29) is 5.60 Å². The fourth-order valence-corrected chi connectivity index (χ4v) is 4.07. The maximum Gasteiger partial charge on any atom is 0.125 e. The van der Waals surface area contributed by atoms with Crippen molar-refractivity contribution in [3.05, 3.63) is 16.1 Å². The molecule has 1 N–H and O–H groups in total. The van der Waals surface area contributed by atoms with Crippen molar-refractivity contribution in [3.63, 3.8) is 0 Å². The summed E-state index contributed by atoms with van der Waals surface area (Å²) >= 11 is 1.83. The molecule has 0 aliphatic heterocycles. The van der Waals surface area contributed by atoms with Gasteiger partial charge in [0.25, 0.3) is 0 Å². The maximum atomic E-state index is 6.14. The Bertz CT molecular complexity index is 380. The predicted molar refractivity (Wildman–Crippen MR) is 80.6 cm³/mol. The summed E-state index contributed by atoms with van der Waals surface area (Å²) in [5.74, 6) is 0. The SMILES string of the molecule is CCNC(C)c1cnc(C2(OCC)CCCCC2)s1. The molecule has 0 saturated heterocycles. The smallest absolute Gasteiger partial charge is 0.125 e. The molecule has 19 heavy (non-hydrogen) atoms. The molecule has 1 saturated carbocycles. The van der Waals surface area contributed by atoms with E-state index in [1.165, 1.54) is 29.1 Å². The molecule has 1 unspecified atom stereocenters. The van der Waals surface area contributed by atoms with Crippen LogP contribution in [0.5, 0.6) is 0 Å². The average molecular weight is 282 g/mol. The van der Waals surface area contributed by atoms with E-state index in [0.717, 1.165) is 26.0 Å². The molecule has 1 aromatic heterocycles. The minimum Gasteiger partial charge on any atom is -0.368 e. The van der Waals surface area contributed by atoms with Crippen LogP contribution in [0.15, 0.2) is 6.20 Å². The Hall–Kier alpha value is -0.450. The Morgan fingerprint density at radius 1 is 1.37 bits per heavy atom. The Kier molecular flexibility index (Phi) is 5.37. The van der Waals surface area contributed by atoms with Gasteiger partial charge in [-0.15, -0.1) is 11.3 Å². The van der Waals surface area contributed by atoms with Gasteiger partial charge >= 0.3 is 0 Å². The van der Waals surface area contributed by atoms with Crippen LogP contribution in [0, 0.1) is 0 Å². The number of aromatic nitrogens is 1. The molecule has 1 heterocycles. The van der Waals surface area contributed by atoms with E-state index < -0.39 is 0 Å². The first-order valence-electron chi connectivity index (χ1n) is 7.55. The number of ether oxygens (including phenoxy) is 1. The lowest BCUT2D eigenvalue weighted by Gasteiger charge is -2.35. The first-order chi connectivity index (χ1) is 9.22. The second-order valence-corrected chi connectivity index (χ2v) is 6.40. The molecule has 0 amide bonds. The van der Waals surface area contributed by atoms with Gasteiger partial charge in [-0.05, 0) is 33.2 Å². The molecule has 2 rings (SSSR count). The Morgan fingerprint density at radius 3 is 2.74 bits per heavy atom. The molecule has 1 aliphatic carbocycles. The molecule has 0 bridgehead atoms. The van der Waals surface area contributed by atoms with Gasteiger partial charge in [-0.25, -0.2) is 4.98 Å². The molecule has 1 aliphatic rings. The van der Waals surface area contributed by atoms with Gasteiger partial charge in [0.15, 0.2) is 0 Å². The topological polar surface area (TPSA) is 34.2 Å². The van der Waals surface area contributed by atoms with Crippen molar-refractivity contribution in [2.45, 2.75) is 64.5 Å². The van der Waals surface area contributed by atoms with E-state index >= 15 is 0 Å².